The van der Waals surface area contributed by atoms with Gasteiger partial charge >= 0.3 is 0 Å². The molecule has 2 bridgehead atoms. The Morgan fingerprint density at radius 3 is 2.58 bits per heavy atom. The molecule has 3 heterocycles. The summed E-state index contributed by atoms with van der Waals surface area (Å²) in [4.78, 5) is 2.28. The maximum Gasteiger partial charge on any atom is 0.240 e. The molecule has 0 spiro atoms. The first kappa shape index (κ1) is 13.0. The monoisotopic (exact) mass is 284 g/mol. The van der Waals surface area contributed by atoms with Crippen molar-refractivity contribution in [1.29, 1.82) is 0 Å². The average Bonchev–Trinajstić information content (AvgIpc) is 2.39. The molecular formula is C13H17FN2O2S. The highest BCUT2D eigenvalue weighted by atomic mass is 32.2. The number of nitrogens with zero attached hydrogens (tertiary/aromatic N) is 1. The van der Waals surface area contributed by atoms with E-state index >= 15 is 0 Å². The predicted molar refractivity (Wildman–Crippen MR) is 69.7 cm³/mol. The highest BCUT2D eigenvalue weighted by Gasteiger charge is 2.36. The summed E-state index contributed by atoms with van der Waals surface area (Å²) in [6.07, 6.45) is 2.08. The van der Waals surface area contributed by atoms with E-state index in [1.807, 2.05) is 0 Å². The topological polar surface area (TPSA) is 49.4 Å². The van der Waals surface area contributed by atoms with Gasteiger partial charge in [0.05, 0.1) is 4.90 Å². The van der Waals surface area contributed by atoms with Crippen LogP contribution in [0.4, 0.5) is 4.39 Å². The van der Waals surface area contributed by atoms with Crippen LogP contribution < -0.4 is 4.72 Å². The van der Waals surface area contributed by atoms with Gasteiger partial charge in [-0.1, -0.05) is 6.07 Å². The first-order valence-electron chi connectivity index (χ1n) is 6.55. The molecule has 1 atom stereocenters. The van der Waals surface area contributed by atoms with E-state index in [0.29, 0.717) is 5.92 Å². The maximum atomic E-state index is 13.1. The molecule has 3 fully saturated rings. The molecule has 0 aliphatic carbocycles. The molecule has 0 amide bonds. The molecule has 1 aromatic rings. The summed E-state index contributed by atoms with van der Waals surface area (Å²) in [5, 5.41) is 0. The van der Waals surface area contributed by atoms with Crippen molar-refractivity contribution in [3.8, 4) is 0 Å². The van der Waals surface area contributed by atoms with Crippen LogP contribution in [-0.2, 0) is 10.0 Å². The molecule has 4 nitrogen and oxygen atoms in total. The van der Waals surface area contributed by atoms with Crippen LogP contribution in [0.3, 0.4) is 0 Å². The van der Waals surface area contributed by atoms with Gasteiger partial charge in [-0.15, -0.1) is 0 Å². The van der Waals surface area contributed by atoms with Crippen molar-refractivity contribution in [3.05, 3.63) is 30.1 Å². The Bertz CT molecular complexity index is 568. The van der Waals surface area contributed by atoms with Crippen molar-refractivity contribution >= 4 is 10.0 Å². The lowest BCUT2D eigenvalue weighted by molar-refractivity contribution is 0.0827. The van der Waals surface area contributed by atoms with Gasteiger partial charge in [-0.25, -0.2) is 17.5 Å². The van der Waals surface area contributed by atoms with Crippen LogP contribution in [0.25, 0.3) is 0 Å². The van der Waals surface area contributed by atoms with Crippen molar-refractivity contribution < 1.29 is 12.8 Å². The second-order valence-electron chi connectivity index (χ2n) is 5.32. The number of halogens is 1. The van der Waals surface area contributed by atoms with Crippen molar-refractivity contribution in [2.45, 2.75) is 23.8 Å². The fraction of sp³-hybridized carbons (Fsp3) is 0.538. The van der Waals surface area contributed by atoms with Crippen LogP contribution in [-0.4, -0.2) is 39.0 Å². The number of fused-ring (bicyclic) bond motifs is 3. The van der Waals surface area contributed by atoms with Crippen molar-refractivity contribution in [1.82, 2.24) is 9.62 Å². The second-order valence-corrected chi connectivity index (χ2v) is 7.04. The lowest BCUT2D eigenvalue weighted by atomic mass is 9.85. The molecule has 3 aliphatic rings. The zero-order chi connectivity index (χ0) is 13.5. The summed E-state index contributed by atoms with van der Waals surface area (Å²) in [7, 11) is -3.62. The molecule has 0 aromatic heterocycles. The van der Waals surface area contributed by atoms with Gasteiger partial charge in [0, 0.05) is 12.6 Å². The Kier molecular flexibility index (Phi) is 3.32. The third-order valence-corrected chi connectivity index (χ3v) is 5.56. The summed E-state index contributed by atoms with van der Waals surface area (Å²) >= 11 is 0. The lowest BCUT2D eigenvalue weighted by Crippen LogP contribution is -2.57. The Morgan fingerprint density at radius 2 is 2.00 bits per heavy atom. The Labute approximate surface area is 112 Å². The summed E-state index contributed by atoms with van der Waals surface area (Å²) in [5.41, 5.74) is 0. The van der Waals surface area contributed by atoms with Gasteiger partial charge < -0.3 is 4.90 Å². The summed E-state index contributed by atoms with van der Waals surface area (Å²) in [6.45, 7) is 2.88. The molecule has 1 unspecified atom stereocenters. The molecular weight excluding hydrogens is 267 g/mol. The number of hydrogen-bond acceptors (Lipinski definition) is 3. The lowest BCUT2D eigenvalue weighted by Gasteiger charge is -2.44. The van der Waals surface area contributed by atoms with E-state index in [2.05, 4.69) is 9.62 Å². The molecule has 1 N–H and O–H groups in total. The Hall–Kier alpha value is -0.980. The predicted octanol–water partition coefficient (Wildman–Crippen LogP) is 1.20. The third-order valence-electron chi connectivity index (χ3n) is 4.07. The van der Waals surface area contributed by atoms with Crippen molar-refractivity contribution in [2.75, 3.05) is 19.6 Å². The fourth-order valence-corrected chi connectivity index (χ4v) is 4.33. The van der Waals surface area contributed by atoms with Crippen LogP contribution in [0.2, 0.25) is 0 Å². The van der Waals surface area contributed by atoms with Gasteiger partial charge in [0.25, 0.3) is 0 Å². The highest BCUT2D eigenvalue weighted by molar-refractivity contribution is 7.89. The zero-order valence-corrected chi connectivity index (χ0v) is 11.4. The molecule has 104 valence electrons. The SMILES string of the molecule is O=S(=O)(NC1CN2CCC1CC2)c1cccc(F)c1. The van der Waals surface area contributed by atoms with Crippen LogP contribution in [0.15, 0.2) is 29.2 Å². The Balaban J connectivity index is 1.79. The van der Waals surface area contributed by atoms with E-state index < -0.39 is 15.8 Å². The van der Waals surface area contributed by atoms with E-state index in [1.165, 1.54) is 18.2 Å². The molecule has 3 saturated heterocycles. The van der Waals surface area contributed by atoms with E-state index in [-0.39, 0.29) is 10.9 Å². The minimum Gasteiger partial charge on any atom is -0.302 e. The van der Waals surface area contributed by atoms with Crippen LogP contribution in [0.5, 0.6) is 0 Å². The Morgan fingerprint density at radius 1 is 1.26 bits per heavy atom. The van der Waals surface area contributed by atoms with Crippen LogP contribution in [0, 0.1) is 11.7 Å². The van der Waals surface area contributed by atoms with E-state index in [4.69, 9.17) is 0 Å². The fourth-order valence-electron chi connectivity index (χ4n) is 3.00. The normalized spacial score (nSPS) is 30.5. The number of rotatable bonds is 3. The first-order chi connectivity index (χ1) is 9.04. The molecule has 0 saturated carbocycles. The van der Waals surface area contributed by atoms with Gasteiger partial charge in [0.15, 0.2) is 0 Å². The maximum absolute atomic E-state index is 13.1. The average molecular weight is 284 g/mol. The smallest absolute Gasteiger partial charge is 0.240 e. The number of benzene rings is 1. The number of piperidine rings is 3. The summed E-state index contributed by atoms with van der Waals surface area (Å²) in [5.74, 6) is -0.120. The van der Waals surface area contributed by atoms with Gasteiger partial charge in [-0.05, 0) is 50.0 Å². The molecule has 19 heavy (non-hydrogen) atoms. The quantitative estimate of drug-likeness (QED) is 0.907. The minimum atomic E-state index is -3.62. The van der Waals surface area contributed by atoms with Crippen LogP contribution in [0.1, 0.15) is 12.8 Å². The van der Waals surface area contributed by atoms with Crippen molar-refractivity contribution in [2.24, 2.45) is 5.92 Å². The highest BCUT2D eigenvalue weighted by Crippen LogP contribution is 2.28. The van der Waals surface area contributed by atoms with Gasteiger partial charge in [-0.3, -0.25) is 0 Å². The third kappa shape index (κ3) is 2.66. The summed E-state index contributed by atoms with van der Waals surface area (Å²) in [6, 6.07) is 5.10. The van der Waals surface area contributed by atoms with Crippen molar-refractivity contribution in [3.63, 3.8) is 0 Å². The van der Waals surface area contributed by atoms with Gasteiger partial charge in [-0.2, -0.15) is 0 Å². The first-order valence-corrected chi connectivity index (χ1v) is 8.03. The molecule has 4 rings (SSSR count). The summed E-state index contributed by atoms with van der Waals surface area (Å²) < 4.78 is 40.3. The number of nitrogens with one attached hydrogen (secondary N) is 1. The van der Waals surface area contributed by atoms with Gasteiger partial charge in [0.2, 0.25) is 10.0 Å². The second kappa shape index (κ2) is 4.85. The standard InChI is InChI=1S/C13H17FN2O2S/c14-11-2-1-3-12(8-11)19(17,18)15-13-9-16-6-4-10(13)5-7-16/h1-3,8,10,13,15H,4-7,9H2. The number of sulfonamides is 1. The minimum absolute atomic E-state index is 0.00365. The van der Waals surface area contributed by atoms with E-state index in [0.717, 1.165) is 38.5 Å². The van der Waals surface area contributed by atoms with Crippen LogP contribution >= 0.6 is 0 Å². The number of hydrogen-bond donors (Lipinski definition) is 1. The largest absolute Gasteiger partial charge is 0.302 e. The zero-order valence-electron chi connectivity index (χ0n) is 10.5. The van der Waals surface area contributed by atoms with E-state index in [9.17, 15) is 12.8 Å². The molecule has 3 aliphatic heterocycles. The molecule has 0 radical (unpaired) electrons. The molecule has 1 aromatic carbocycles. The van der Waals surface area contributed by atoms with E-state index in [1.54, 1.807) is 0 Å². The van der Waals surface area contributed by atoms with Gasteiger partial charge in [0.1, 0.15) is 5.82 Å². The molecule has 6 heteroatoms.